The van der Waals surface area contributed by atoms with E-state index in [9.17, 15) is 18.0 Å². The van der Waals surface area contributed by atoms with Crippen molar-refractivity contribution in [2.45, 2.75) is 11.3 Å². The molecule has 1 aromatic heterocycles. The Kier molecular flexibility index (Phi) is 6.10. The van der Waals surface area contributed by atoms with Crippen LogP contribution in [0.5, 0.6) is 0 Å². The first kappa shape index (κ1) is 18.2. The van der Waals surface area contributed by atoms with Crippen molar-refractivity contribution in [3.8, 4) is 0 Å². The molecule has 0 saturated heterocycles. The third-order valence-electron chi connectivity index (χ3n) is 3.11. The molecule has 0 aliphatic heterocycles. The molecule has 1 N–H and O–H groups in total. The van der Waals surface area contributed by atoms with Gasteiger partial charge in [0.25, 0.3) is 5.91 Å². The van der Waals surface area contributed by atoms with Crippen LogP contribution >= 0.6 is 11.3 Å². The first-order valence-electron chi connectivity index (χ1n) is 7.13. The molecule has 0 fully saturated rings. The summed E-state index contributed by atoms with van der Waals surface area (Å²) in [6.07, 6.45) is 1.71. The lowest BCUT2D eigenvalue weighted by Gasteiger charge is -2.08. The molecule has 0 spiro atoms. The van der Waals surface area contributed by atoms with E-state index in [0.29, 0.717) is 13.0 Å². The van der Waals surface area contributed by atoms with E-state index in [2.05, 4.69) is 5.32 Å². The predicted molar refractivity (Wildman–Crippen MR) is 90.9 cm³/mol. The molecule has 8 heteroatoms. The highest BCUT2D eigenvalue weighted by atomic mass is 32.2. The van der Waals surface area contributed by atoms with Crippen LogP contribution in [-0.4, -0.2) is 39.7 Å². The van der Waals surface area contributed by atoms with Crippen molar-refractivity contribution in [1.29, 1.82) is 0 Å². The number of rotatable bonds is 7. The minimum absolute atomic E-state index is 0.0774. The van der Waals surface area contributed by atoms with E-state index in [0.717, 1.165) is 11.1 Å². The van der Waals surface area contributed by atoms with Crippen LogP contribution in [0.25, 0.3) is 0 Å². The van der Waals surface area contributed by atoms with Crippen molar-refractivity contribution < 1.29 is 22.7 Å². The van der Waals surface area contributed by atoms with Crippen LogP contribution in [0.1, 0.15) is 15.2 Å². The summed E-state index contributed by atoms with van der Waals surface area (Å²) in [7, 11) is -3.56. The lowest BCUT2D eigenvalue weighted by Crippen LogP contribution is -2.30. The van der Waals surface area contributed by atoms with Gasteiger partial charge in [0.1, 0.15) is 0 Å². The smallest absolute Gasteiger partial charge is 0.339 e. The molecule has 0 aliphatic rings. The molecule has 1 aromatic carbocycles. The number of amides is 1. The van der Waals surface area contributed by atoms with Crippen LogP contribution in [0.4, 0.5) is 0 Å². The summed E-state index contributed by atoms with van der Waals surface area (Å²) in [6, 6.07) is 9.64. The molecule has 1 heterocycles. The summed E-state index contributed by atoms with van der Waals surface area (Å²) in [4.78, 5) is 24.7. The maximum absolute atomic E-state index is 12.0. The number of ether oxygens (including phenoxy) is 1. The minimum Gasteiger partial charge on any atom is -0.452 e. The van der Waals surface area contributed by atoms with E-state index in [1.165, 1.54) is 24.3 Å². The normalized spacial score (nSPS) is 11.0. The van der Waals surface area contributed by atoms with E-state index in [4.69, 9.17) is 4.74 Å². The molecule has 2 aromatic rings. The van der Waals surface area contributed by atoms with Gasteiger partial charge >= 0.3 is 5.97 Å². The van der Waals surface area contributed by atoms with Gasteiger partial charge < -0.3 is 10.1 Å². The number of nitrogens with one attached hydrogen (secondary N) is 1. The van der Waals surface area contributed by atoms with Gasteiger partial charge in [-0.15, -0.1) is 11.3 Å². The van der Waals surface area contributed by atoms with Gasteiger partial charge in [-0.1, -0.05) is 18.2 Å². The molecule has 0 atom stereocenters. The van der Waals surface area contributed by atoms with E-state index in [1.807, 2.05) is 17.5 Å². The van der Waals surface area contributed by atoms with Crippen LogP contribution in [0.3, 0.4) is 0 Å². The first-order valence-corrected chi connectivity index (χ1v) is 9.90. The SMILES string of the molecule is CS(=O)(=O)c1ccccc1C(=O)OCC(=O)NCCc1cccs1. The summed E-state index contributed by atoms with van der Waals surface area (Å²) >= 11 is 1.60. The second kappa shape index (κ2) is 8.07. The van der Waals surface area contributed by atoms with Gasteiger partial charge in [0, 0.05) is 17.7 Å². The van der Waals surface area contributed by atoms with E-state index >= 15 is 0 Å². The largest absolute Gasteiger partial charge is 0.452 e. The highest BCUT2D eigenvalue weighted by Gasteiger charge is 2.19. The van der Waals surface area contributed by atoms with Crippen LogP contribution in [0, 0.1) is 0 Å². The van der Waals surface area contributed by atoms with Gasteiger partial charge in [-0.25, -0.2) is 13.2 Å². The van der Waals surface area contributed by atoms with E-state index in [1.54, 1.807) is 11.3 Å². The third kappa shape index (κ3) is 5.17. The number of thiophene rings is 1. The van der Waals surface area contributed by atoms with Crippen LogP contribution < -0.4 is 5.32 Å². The Morgan fingerprint density at radius 2 is 1.92 bits per heavy atom. The summed E-state index contributed by atoms with van der Waals surface area (Å²) in [5, 5.41) is 4.60. The molecule has 0 saturated carbocycles. The number of esters is 1. The van der Waals surface area contributed by atoms with Crippen LogP contribution in [0.15, 0.2) is 46.7 Å². The van der Waals surface area contributed by atoms with Crippen molar-refractivity contribution in [1.82, 2.24) is 5.32 Å². The van der Waals surface area contributed by atoms with Crippen molar-refractivity contribution >= 4 is 33.1 Å². The molecular formula is C16H17NO5S2. The zero-order chi connectivity index (χ0) is 17.6. The van der Waals surface area contributed by atoms with E-state index < -0.39 is 28.3 Å². The molecule has 0 aliphatic carbocycles. The zero-order valence-corrected chi connectivity index (χ0v) is 14.7. The third-order valence-corrected chi connectivity index (χ3v) is 5.21. The summed E-state index contributed by atoms with van der Waals surface area (Å²) in [5.41, 5.74) is -0.0774. The number of hydrogen-bond donors (Lipinski definition) is 1. The second-order valence-electron chi connectivity index (χ2n) is 5.02. The Hall–Kier alpha value is -2.19. The Bertz CT molecular complexity index is 813. The maximum atomic E-state index is 12.0. The number of carbonyl (C=O) groups is 2. The van der Waals surface area contributed by atoms with Crippen molar-refractivity contribution in [3.63, 3.8) is 0 Å². The average Bonchev–Trinajstić information content (AvgIpc) is 3.05. The van der Waals surface area contributed by atoms with Crippen LogP contribution in [-0.2, 0) is 25.8 Å². The van der Waals surface area contributed by atoms with Crippen molar-refractivity contribution in [2.24, 2.45) is 0 Å². The van der Waals surface area contributed by atoms with Gasteiger partial charge in [0.05, 0.1) is 10.5 Å². The molecule has 2 rings (SSSR count). The Morgan fingerprint density at radius 3 is 2.58 bits per heavy atom. The fourth-order valence-electron chi connectivity index (χ4n) is 2.00. The molecule has 6 nitrogen and oxygen atoms in total. The van der Waals surface area contributed by atoms with Crippen LogP contribution in [0.2, 0.25) is 0 Å². The number of benzene rings is 1. The molecule has 24 heavy (non-hydrogen) atoms. The molecule has 0 radical (unpaired) electrons. The summed E-state index contributed by atoms with van der Waals surface area (Å²) in [6.45, 7) is -0.0157. The molecule has 1 amide bonds. The van der Waals surface area contributed by atoms with Crippen molar-refractivity contribution in [3.05, 3.63) is 52.2 Å². The second-order valence-corrected chi connectivity index (χ2v) is 8.04. The van der Waals surface area contributed by atoms with Gasteiger partial charge in [0.2, 0.25) is 0 Å². The highest BCUT2D eigenvalue weighted by molar-refractivity contribution is 7.90. The zero-order valence-electron chi connectivity index (χ0n) is 13.0. The first-order chi connectivity index (χ1) is 11.4. The standard InChI is InChI=1S/C16H17NO5S2/c1-24(20,21)14-7-3-2-6-13(14)16(19)22-11-15(18)17-9-8-12-5-4-10-23-12/h2-7,10H,8-9,11H2,1H3,(H,17,18). The monoisotopic (exact) mass is 367 g/mol. The number of sulfone groups is 1. The average molecular weight is 367 g/mol. The predicted octanol–water partition coefficient (Wildman–Crippen LogP) is 1.67. The topological polar surface area (TPSA) is 89.5 Å². The lowest BCUT2D eigenvalue weighted by molar-refractivity contribution is -0.124. The highest BCUT2D eigenvalue weighted by Crippen LogP contribution is 2.16. The molecule has 128 valence electrons. The molecule has 0 unspecified atom stereocenters. The van der Waals surface area contributed by atoms with Gasteiger partial charge in [0.15, 0.2) is 16.4 Å². The molecular weight excluding hydrogens is 350 g/mol. The molecule has 0 bridgehead atoms. The van der Waals surface area contributed by atoms with Gasteiger partial charge in [-0.2, -0.15) is 0 Å². The quantitative estimate of drug-likeness (QED) is 0.752. The summed E-state index contributed by atoms with van der Waals surface area (Å²) in [5.74, 6) is -1.28. The van der Waals surface area contributed by atoms with E-state index in [-0.39, 0.29) is 10.5 Å². The summed E-state index contributed by atoms with van der Waals surface area (Å²) < 4.78 is 28.2. The number of hydrogen-bond acceptors (Lipinski definition) is 6. The minimum atomic E-state index is -3.56. The van der Waals surface area contributed by atoms with Gasteiger partial charge in [-0.3, -0.25) is 4.79 Å². The Morgan fingerprint density at radius 1 is 1.17 bits per heavy atom. The Labute approximate surface area is 144 Å². The van der Waals surface area contributed by atoms with Crippen molar-refractivity contribution in [2.75, 3.05) is 19.4 Å². The maximum Gasteiger partial charge on any atom is 0.339 e. The van der Waals surface area contributed by atoms with Gasteiger partial charge in [-0.05, 0) is 30.0 Å². The lowest BCUT2D eigenvalue weighted by atomic mass is 10.2. The fourth-order valence-corrected chi connectivity index (χ4v) is 3.58. The fraction of sp³-hybridized carbons (Fsp3) is 0.250. The Balaban J connectivity index is 1.86. The number of carbonyl (C=O) groups excluding carboxylic acids is 2.